The number of nitrogens with one attached hydrogen (secondary N) is 2. The molecular formula is C80H178N16O24. The fourth-order valence-corrected chi connectivity index (χ4v) is 11.2. The Bertz CT molecular complexity index is 2350. The molecule has 2 fully saturated rings. The first-order valence-corrected chi connectivity index (χ1v) is 42.1. The fourth-order valence-electron chi connectivity index (χ4n) is 11.2. The highest BCUT2D eigenvalue weighted by Crippen LogP contribution is 2.35. The average molecular weight is 1750 g/mol. The number of hydrogen-bond acceptors (Lipinski definition) is 40. The minimum absolute atomic E-state index is 0.0236. The van der Waals surface area contributed by atoms with Gasteiger partial charge >= 0.3 is 0 Å². The van der Waals surface area contributed by atoms with Crippen molar-refractivity contribution in [3.8, 4) is 0 Å². The lowest BCUT2D eigenvalue weighted by atomic mass is 9.80. The summed E-state index contributed by atoms with van der Waals surface area (Å²) >= 11 is 0. The van der Waals surface area contributed by atoms with Crippen LogP contribution in [0, 0.1) is 10.8 Å². The monoisotopic (exact) mass is 1750 g/mol. The number of carbonyl (C=O) groups excluding carboxylic acids is 1. The Balaban J connectivity index is -0.000000894. The predicted octanol–water partition coefficient (Wildman–Crippen LogP) is -2.92. The molecule has 2 aliphatic heterocycles. The number of carbonyl (C=O) groups is 1. The predicted molar refractivity (Wildman–Crippen MR) is 467 cm³/mol. The van der Waals surface area contributed by atoms with E-state index in [1.165, 1.54) is 34.5 Å². The first kappa shape index (κ1) is 124. The molecule has 120 heavy (non-hydrogen) atoms. The molecule has 2 heterocycles. The highest BCUT2D eigenvalue weighted by Gasteiger charge is 2.50. The van der Waals surface area contributed by atoms with Gasteiger partial charge in [0.2, 0.25) is 0 Å². The summed E-state index contributed by atoms with van der Waals surface area (Å²) in [4.78, 5) is 43.9. The number of aliphatic hydroxyl groups excluding tert-OH is 10. The van der Waals surface area contributed by atoms with Crippen molar-refractivity contribution in [3.63, 3.8) is 0 Å². The molecule has 0 aliphatic carbocycles. The molecule has 14 atom stereocenters. The highest BCUT2D eigenvalue weighted by molar-refractivity contribution is 5.65. The summed E-state index contributed by atoms with van der Waals surface area (Å²) in [7, 11) is 7.47. The minimum atomic E-state index is -1.41. The van der Waals surface area contributed by atoms with Crippen molar-refractivity contribution in [2.24, 2.45) is 55.2 Å². The van der Waals surface area contributed by atoms with Gasteiger partial charge in [-0.3, -0.25) is 49.1 Å². The molecule has 40 heteroatoms. The van der Waals surface area contributed by atoms with E-state index >= 15 is 0 Å². The van der Waals surface area contributed by atoms with Crippen molar-refractivity contribution in [2.45, 2.75) is 246 Å². The van der Waals surface area contributed by atoms with Crippen LogP contribution >= 0.6 is 0 Å². The van der Waals surface area contributed by atoms with Crippen LogP contribution in [0.15, 0.2) is 9.98 Å². The van der Waals surface area contributed by atoms with Gasteiger partial charge in [0.15, 0.2) is 12.6 Å². The van der Waals surface area contributed by atoms with Crippen LogP contribution in [-0.2, 0) is 66.6 Å². The molecule has 40 nitrogen and oxygen atoms in total. The summed E-state index contributed by atoms with van der Waals surface area (Å²) in [5.74, 6) is 0. The Morgan fingerprint density at radius 1 is 0.458 bits per heavy atom. The molecule has 0 saturated carbocycles. The molecule has 2 saturated heterocycles. The molecule has 0 aromatic rings. The summed E-state index contributed by atoms with van der Waals surface area (Å²) in [6.07, 6.45) is -8.32. The molecule has 2 aliphatic rings. The summed E-state index contributed by atoms with van der Waals surface area (Å²) in [5.41, 5.74) is 34.2. The van der Waals surface area contributed by atoms with E-state index in [9.17, 15) is 45.6 Å². The number of aliphatic hydroxyl groups is 10. The first-order valence-electron chi connectivity index (χ1n) is 42.1. The van der Waals surface area contributed by atoms with E-state index in [2.05, 4.69) is 109 Å². The van der Waals surface area contributed by atoms with Crippen molar-refractivity contribution in [1.82, 2.24) is 40.4 Å². The van der Waals surface area contributed by atoms with Crippen molar-refractivity contribution in [3.05, 3.63) is 0 Å². The van der Waals surface area contributed by atoms with Crippen molar-refractivity contribution in [2.75, 3.05) is 246 Å². The standard InChI is InChI=1S/C39H81N7O11.C19H46N6O4.C19H36O9.3CH5N/c1-37(2,3)36-35(51)34(50)33(49)31(57-36)27-53-32(56-30(24-41-10)26-54-39(7,8)9)25-42-13-17-45(20-22-48)18-14-43-55-29-46(38(4,5)6)28-52-23-11-15-44(16-12-40)19-21-47;1-19(2,3)25(17-28-16-4-8-23(9-5-20)12-14-26)18-29-22-7-11-24(10-6-21)13-15-27;1-18(2,3)16-15(23)14(22)13(21)12(28-16)10-25-17(24-7)27-11(8-20)9-26-19(4,5)6;3*1-2/h24-25,30-36,43,47-51H,11-23,26-29,40H2,1-10H3;22,26-27H,4-18,20-21H2,1-3H3;8,11-17,21-23H,9-10H2,1-7H3;3*2H2,1H3. The Kier molecular flexibility index (Phi) is 73.7. The molecule has 722 valence electrons. The zero-order valence-electron chi connectivity index (χ0n) is 78.1. The Morgan fingerprint density at radius 3 is 1.16 bits per heavy atom. The van der Waals surface area contributed by atoms with E-state index in [4.69, 9.17) is 89.2 Å². The quantitative estimate of drug-likeness (QED) is 0.00953. The van der Waals surface area contributed by atoms with Gasteiger partial charge in [0.1, 0.15) is 88.0 Å². The molecule has 2 rings (SSSR count). The van der Waals surface area contributed by atoms with Gasteiger partial charge in [0.05, 0.1) is 89.0 Å². The van der Waals surface area contributed by atoms with E-state index in [1.807, 2.05) is 83.1 Å². The SMILES string of the molecule is CC(C)(C)N(COCCCN(CCN)CCO)CONCCN(CCN)CCO.CN.CN.CN.CN=CC(COC(C)(C)C)OC(C=NCCN(CCO)CCNOCN(COCCCN(CCN)CCO)C(C)(C)C)OCC1OC(C(C)(C)C)C(O)C(O)C1O.COC(OCC1OC(C(C)(C)C)C(O)C(O)C1O)OC(C=O)COC(C)(C)C. The van der Waals surface area contributed by atoms with Gasteiger partial charge in [-0.15, -0.1) is 0 Å². The molecule has 14 unspecified atom stereocenters. The Labute approximate surface area is 721 Å². The number of nitrogens with two attached hydrogens (primary N) is 6. The Morgan fingerprint density at radius 2 is 0.825 bits per heavy atom. The van der Waals surface area contributed by atoms with Crippen LogP contribution in [0.3, 0.4) is 0 Å². The summed E-state index contributed by atoms with van der Waals surface area (Å²) in [6, 6.07) is 0. The van der Waals surface area contributed by atoms with Crippen molar-refractivity contribution >= 4 is 18.7 Å². The van der Waals surface area contributed by atoms with Gasteiger partial charge in [0.25, 0.3) is 6.48 Å². The zero-order chi connectivity index (χ0) is 92.7. The third-order valence-electron chi connectivity index (χ3n) is 18.0. The van der Waals surface area contributed by atoms with E-state index in [1.54, 1.807) is 13.3 Å². The topological polar surface area (TPSA) is 564 Å². The van der Waals surface area contributed by atoms with E-state index < -0.39 is 108 Å². The van der Waals surface area contributed by atoms with E-state index in [-0.39, 0.29) is 63.9 Å². The van der Waals surface area contributed by atoms with Crippen LogP contribution in [0.1, 0.15) is 137 Å². The van der Waals surface area contributed by atoms with Gasteiger partial charge in [-0.25, -0.2) is 0 Å². The maximum absolute atomic E-state index is 11.2. The maximum Gasteiger partial charge on any atom is 0.272 e. The molecule has 0 aromatic heterocycles. The van der Waals surface area contributed by atoms with Crippen molar-refractivity contribution < 1.29 is 118 Å². The first-order chi connectivity index (χ1) is 56.4. The van der Waals surface area contributed by atoms with Crippen LogP contribution in [0.25, 0.3) is 0 Å². The number of ether oxygens (including phenoxy) is 11. The van der Waals surface area contributed by atoms with Gasteiger partial charge in [-0.2, -0.15) is 11.0 Å². The van der Waals surface area contributed by atoms with Gasteiger partial charge in [-0.05, 0) is 128 Å². The molecule has 0 amide bonds. The largest absolute Gasteiger partial charge is 0.395 e. The van der Waals surface area contributed by atoms with Crippen LogP contribution in [-0.4, -0.2) is 454 Å². The molecule has 0 aromatic carbocycles. The second-order valence-corrected chi connectivity index (χ2v) is 34.4. The summed E-state index contributed by atoms with van der Waals surface area (Å²) in [5, 5.41) is 99.6. The second-order valence-electron chi connectivity index (χ2n) is 34.4. The zero-order valence-corrected chi connectivity index (χ0v) is 78.1. The van der Waals surface area contributed by atoms with Crippen LogP contribution in [0.2, 0.25) is 0 Å². The van der Waals surface area contributed by atoms with Crippen LogP contribution < -0.4 is 45.4 Å². The lowest BCUT2D eigenvalue weighted by Crippen LogP contribution is -2.61. The Hall–Kier alpha value is -2.47. The average Bonchev–Trinajstić information content (AvgIpc) is 0.796. The highest BCUT2D eigenvalue weighted by atomic mass is 16.8. The third-order valence-corrected chi connectivity index (χ3v) is 18.0. The number of aldehydes is 1. The van der Waals surface area contributed by atoms with Crippen molar-refractivity contribution in [1.29, 1.82) is 0 Å². The molecule has 24 N–H and O–H groups in total. The third kappa shape index (κ3) is 60.3. The number of aliphatic imine (C=N–C) groups is 2. The van der Waals surface area contributed by atoms with E-state index in [0.29, 0.717) is 125 Å². The number of nitrogens with zero attached hydrogens (tertiary/aromatic N) is 8. The van der Waals surface area contributed by atoms with E-state index in [0.717, 1.165) is 52.1 Å². The van der Waals surface area contributed by atoms with Gasteiger partial charge in [0, 0.05) is 156 Å². The number of hydroxylamine groups is 2. The van der Waals surface area contributed by atoms with Gasteiger partial charge < -0.3 is 142 Å². The summed E-state index contributed by atoms with van der Waals surface area (Å²) < 4.78 is 63.3. The maximum atomic E-state index is 11.2. The molecular weight excluding hydrogens is 1570 g/mol. The second kappa shape index (κ2) is 71.5. The van der Waals surface area contributed by atoms with Gasteiger partial charge in [-0.1, -0.05) is 41.5 Å². The number of methoxy groups -OCH3 is 1. The summed E-state index contributed by atoms with van der Waals surface area (Å²) in [6.45, 7) is 48.5. The normalized spacial score (nSPS) is 21.2. The minimum Gasteiger partial charge on any atom is -0.395 e. The number of rotatable bonds is 59. The smallest absolute Gasteiger partial charge is 0.272 e. The van der Waals surface area contributed by atoms with Crippen LogP contribution in [0.4, 0.5) is 0 Å². The molecule has 0 bridgehead atoms. The molecule has 0 radical (unpaired) electrons. The fraction of sp³-hybridized carbons (Fsp3) is 0.963. The lowest BCUT2D eigenvalue weighted by molar-refractivity contribution is -0.317. The molecule has 0 spiro atoms. The van der Waals surface area contributed by atoms with Crippen LogP contribution in [0.5, 0.6) is 0 Å². The lowest BCUT2D eigenvalue weighted by Gasteiger charge is -2.45. The number of hydrogen-bond donors (Lipinski definition) is 18.